The predicted octanol–water partition coefficient (Wildman–Crippen LogP) is 10.1. The first-order valence-electron chi connectivity index (χ1n) is 14.9. The second-order valence-corrected chi connectivity index (χ2v) is 21.5. The third-order valence-electron chi connectivity index (χ3n) is 8.61. The van der Waals surface area contributed by atoms with Crippen LogP contribution >= 0.6 is 0 Å². The van der Waals surface area contributed by atoms with Crippen molar-refractivity contribution in [3.63, 3.8) is 0 Å². The van der Waals surface area contributed by atoms with Crippen molar-refractivity contribution in [2.24, 2.45) is 0 Å². The molecule has 2 aliphatic rings. The van der Waals surface area contributed by atoms with Crippen LogP contribution in [0.5, 0.6) is 0 Å². The molecule has 0 bridgehead atoms. The second kappa shape index (κ2) is 11.5. The quantitative estimate of drug-likeness (QED) is 0.170. The van der Waals surface area contributed by atoms with E-state index in [1.807, 2.05) is 0 Å². The number of fused-ring (bicyclic) bond motifs is 3. The SMILES string of the molecule is CCCCc1ccc([C](c2ccc(C(C)(C)C)cc2)=[Hf]([C]2=CC=CC2)[CH]2c3ccccc3-c3ccccc32)cc1. The average molecular weight is 687 g/mol. The molecule has 0 amide bonds. The van der Waals surface area contributed by atoms with Crippen molar-refractivity contribution in [2.45, 2.75) is 62.5 Å². The fourth-order valence-corrected chi connectivity index (χ4v) is 19.6. The number of hydrogen-bond donors (Lipinski definition) is 0. The minimum absolute atomic E-state index is 0.143. The van der Waals surface area contributed by atoms with E-state index in [1.54, 1.807) is 17.7 Å². The third kappa shape index (κ3) is 5.26. The van der Waals surface area contributed by atoms with Gasteiger partial charge < -0.3 is 0 Å². The maximum absolute atomic E-state index is 2.83. The Balaban J connectivity index is 1.63. The van der Waals surface area contributed by atoms with E-state index >= 15 is 0 Å². The number of allylic oxidation sites excluding steroid dienone is 4. The van der Waals surface area contributed by atoms with Gasteiger partial charge >= 0.3 is 250 Å². The molecule has 200 valence electrons. The molecular formula is C39H40Hf. The first kappa shape index (κ1) is 27.3. The Morgan fingerprint density at radius 3 is 1.85 bits per heavy atom. The molecule has 40 heavy (non-hydrogen) atoms. The summed E-state index contributed by atoms with van der Waals surface area (Å²) in [6.07, 6.45) is 11.9. The molecule has 0 spiro atoms. The Hall–Kier alpha value is -2.90. The van der Waals surface area contributed by atoms with Crippen LogP contribution in [0, 0.1) is 0 Å². The molecule has 2 aliphatic carbocycles. The standard InChI is InChI=1S/C21H26.C13H9.C5H5.Hf/c1-5-6-7-17-8-10-18(11-9-17)16-19-12-14-20(15-13-19)21(2,3)4;1-3-7-12-10(5-1)9-11-6-2-4-8-13(11)12;1-2-4-5-3-1;/h8-15H,5-7H2,1-4H3;1-9H;1-3H,4H2;. The molecule has 4 aromatic carbocycles. The zero-order valence-corrected chi connectivity index (χ0v) is 28.0. The summed E-state index contributed by atoms with van der Waals surface area (Å²) >= 11 is -2.83. The molecule has 4 aromatic rings. The molecule has 0 radical (unpaired) electrons. The summed E-state index contributed by atoms with van der Waals surface area (Å²) in [4.78, 5) is 0. The van der Waals surface area contributed by atoms with E-state index in [0.717, 1.165) is 12.8 Å². The molecule has 0 saturated heterocycles. The van der Waals surface area contributed by atoms with Crippen molar-refractivity contribution in [1.29, 1.82) is 0 Å². The Labute approximate surface area is 248 Å². The van der Waals surface area contributed by atoms with Gasteiger partial charge in [0.05, 0.1) is 0 Å². The van der Waals surface area contributed by atoms with E-state index in [1.165, 1.54) is 46.2 Å². The number of hydrogen-bond acceptors (Lipinski definition) is 0. The monoisotopic (exact) mass is 688 g/mol. The zero-order valence-electron chi connectivity index (χ0n) is 24.4. The summed E-state index contributed by atoms with van der Waals surface area (Å²) in [7, 11) is 0. The third-order valence-corrected chi connectivity index (χ3v) is 20.7. The maximum atomic E-state index is 2.48. The molecule has 0 aliphatic heterocycles. The van der Waals surface area contributed by atoms with Gasteiger partial charge in [0.15, 0.2) is 0 Å². The van der Waals surface area contributed by atoms with E-state index in [9.17, 15) is 0 Å². The van der Waals surface area contributed by atoms with Gasteiger partial charge in [-0.05, 0) is 0 Å². The summed E-state index contributed by atoms with van der Waals surface area (Å²) in [6.45, 7) is 9.21. The molecule has 0 heterocycles. The van der Waals surface area contributed by atoms with Crippen LogP contribution in [0.15, 0.2) is 119 Å². The Kier molecular flexibility index (Phi) is 7.87. The van der Waals surface area contributed by atoms with Crippen molar-refractivity contribution in [2.75, 3.05) is 0 Å². The van der Waals surface area contributed by atoms with Gasteiger partial charge in [-0.2, -0.15) is 0 Å². The molecule has 0 atom stereocenters. The molecule has 0 saturated carbocycles. The van der Waals surface area contributed by atoms with Gasteiger partial charge in [-0.3, -0.25) is 0 Å². The van der Waals surface area contributed by atoms with Crippen molar-refractivity contribution in [3.8, 4) is 11.1 Å². The van der Waals surface area contributed by atoms with Crippen LogP contribution < -0.4 is 0 Å². The predicted molar refractivity (Wildman–Crippen MR) is 169 cm³/mol. The molecule has 0 aromatic heterocycles. The molecule has 0 fully saturated rings. The van der Waals surface area contributed by atoms with Gasteiger partial charge in [-0.1, -0.05) is 0 Å². The van der Waals surface area contributed by atoms with Crippen molar-refractivity contribution in [3.05, 3.63) is 152 Å². The van der Waals surface area contributed by atoms with Crippen molar-refractivity contribution in [1.82, 2.24) is 0 Å². The van der Waals surface area contributed by atoms with Crippen LogP contribution in [0.2, 0.25) is 0 Å². The zero-order chi connectivity index (χ0) is 27.7. The summed E-state index contributed by atoms with van der Waals surface area (Å²) in [5.41, 5.74) is 11.8. The Morgan fingerprint density at radius 2 is 1.32 bits per heavy atom. The van der Waals surface area contributed by atoms with Gasteiger partial charge in [-0.15, -0.1) is 0 Å². The van der Waals surface area contributed by atoms with E-state index in [0.29, 0.717) is 3.67 Å². The molecule has 1 heteroatoms. The Morgan fingerprint density at radius 1 is 0.750 bits per heavy atom. The number of benzene rings is 4. The number of rotatable bonds is 7. The Bertz CT molecular complexity index is 1560. The summed E-state index contributed by atoms with van der Waals surface area (Å²) in [6, 6.07) is 37.8. The normalized spacial score (nSPS) is 15.1. The van der Waals surface area contributed by atoms with Crippen LogP contribution in [-0.4, -0.2) is 3.26 Å². The molecule has 0 nitrogen and oxygen atoms in total. The fourth-order valence-electron chi connectivity index (χ4n) is 6.44. The van der Waals surface area contributed by atoms with Crippen LogP contribution in [0.4, 0.5) is 0 Å². The molecule has 0 N–H and O–H groups in total. The fraction of sp³-hybridized carbons (Fsp3) is 0.256. The molecular weight excluding hydrogens is 647 g/mol. The van der Waals surface area contributed by atoms with Crippen LogP contribution in [0.3, 0.4) is 0 Å². The van der Waals surface area contributed by atoms with Gasteiger partial charge in [-0.25, -0.2) is 0 Å². The molecule has 0 unspecified atom stereocenters. The van der Waals surface area contributed by atoms with Gasteiger partial charge in [0.1, 0.15) is 0 Å². The van der Waals surface area contributed by atoms with Gasteiger partial charge in [0.25, 0.3) is 0 Å². The summed E-state index contributed by atoms with van der Waals surface area (Å²) < 4.78 is 3.85. The van der Waals surface area contributed by atoms with Crippen molar-refractivity contribution < 1.29 is 21.0 Å². The van der Waals surface area contributed by atoms with E-state index in [4.69, 9.17) is 0 Å². The minimum atomic E-state index is -2.83. The van der Waals surface area contributed by atoms with Crippen molar-refractivity contribution >= 4 is 3.26 Å². The molecule has 6 rings (SSSR count). The first-order valence-corrected chi connectivity index (χ1v) is 20.6. The van der Waals surface area contributed by atoms with E-state index < -0.39 is 21.0 Å². The van der Waals surface area contributed by atoms with Crippen LogP contribution in [0.25, 0.3) is 11.1 Å². The summed E-state index contributed by atoms with van der Waals surface area (Å²) in [5.74, 6) is 0. The van der Waals surface area contributed by atoms with Crippen LogP contribution in [0.1, 0.15) is 84.0 Å². The van der Waals surface area contributed by atoms with Crippen LogP contribution in [-0.2, 0) is 32.8 Å². The van der Waals surface area contributed by atoms with E-state index in [-0.39, 0.29) is 5.41 Å². The average Bonchev–Trinajstić information content (AvgIpc) is 3.62. The number of aryl methyl sites for hydroxylation is 1. The summed E-state index contributed by atoms with van der Waals surface area (Å²) in [5, 5.41) is 0. The topological polar surface area (TPSA) is 0 Å². The number of unbranched alkanes of at least 4 members (excludes halogenated alkanes) is 1. The van der Waals surface area contributed by atoms with Gasteiger partial charge in [0, 0.05) is 0 Å². The van der Waals surface area contributed by atoms with Gasteiger partial charge in [0.2, 0.25) is 0 Å². The van der Waals surface area contributed by atoms with E-state index in [2.05, 4.69) is 143 Å². The second-order valence-electron chi connectivity index (χ2n) is 12.3. The first-order chi connectivity index (χ1) is 19.5.